The molecule has 0 aliphatic carbocycles. The molecule has 0 saturated carbocycles. The number of piperazine rings is 1. The van der Waals surface area contributed by atoms with Crippen LogP contribution in [0, 0.1) is 5.92 Å². The number of amides is 2. The van der Waals surface area contributed by atoms with E-state index in [9.17, 15) is 9.59 Å². The summed E-state index contributed by atoms with van der Waals surface area (Å²) in [5.41, 5.74) is 0. The van der Waals surface area contributed by atoms with Gasteiger partial charge >= 0.3 is 11.8 Å². The number of aliphatic hydroxyl groups is 1. The first-order chi connectivity index (χ1) is 6.15. The fraction of sp³-hybridized carbons (Fsp3) is 0.750. The van der Waals surface area contributed by atoms with Crippen LogP contribution in [0.2, 0.25) is 0 Å². The number of carbonyl (C=O) groups is 2. The van der Waals surface area contributed by atoms with E-state index in [0.717, 1.165) is 0 Å². The van der Waals surface area contributed by atoms with Gasteiger partial charge in [-0.2, -0.15) is 0 Å². The van der Waals surface area contributed by atoms with E-state index in [2.05, 4.69) is 5.32 Å². The zero-order chi connectivity index (χ0) is 9.84. The lowest BCUT2D eigenvalue weighted by Crippen LogP contribution is -2.53. The number of rotatable bonds is 3. The number of aliphatic hydroxyl groups excluding tert-OH is 1. The number of nitrogens with one attached hydrogen (secondary N) is 1. The second-order valence-electron chi connectivity index (χ2n) is 3.29. The van der Waals surface area contributed by atoms with Crippen molar-refractivity contribution in [1.29, 1.82) is 0 Å². The molecule has 1 aliphatic rings. The van der Waals surface area contributed by atoms with Crippen LogP contribution in [0.1, 0.15) is 6.92 Å². The van der Waals surface area contributed by atoms with Crippen LogP contribution in [-0.4, -0.2) is 48.1 Å². The van der Waals surface area contributed by atoms with Gasteiger partial charge in [0.1, 0.15) is 0 Å². The molecular formula is C8H14N2O3. The van der Waals surface area contributed by atoms with Gasteiger partial charge in [-0.15, -0.1) is 0 Å². The Bertz CT molecular complexity index is 217. The van der Waals surface area contributed by atoms with E-state index in [1.807, 2.05) is 6.92 Å². The lowest BCUT2D eigenvalue weighted by Gasteiger charge is -2.28. The first kappa shape index (κ1) is 9.98. The fourth-order valence-corrected chi connectivity index (χ4v) is 1.23. The molecule has 2 N–H and O–H groups in total. The van der Waals surface area contributed by atoms with E-state index in [4.69, 9.17) is 5.11 Å². The van der Waals surface area contributed by atoms with Gasteiger partial charge < -0.3 is 15.3 Å². The van der Waals surface area contributed by atoms with Gasteiger partial charge in [-0.3, -0.25) is 9.59 Å². The third-order valence-electron chi connectivity index (χ3n) is 1.99. The topological polar surface area (TPSA) is 69.6 Å². The van der Waals surface area contributed by atoms with Crippen LogP contribution < -0.4 is 5.32 Å². The summed E-state index contributed by atoms with van der Waals surface area (Å²) in [6, 6.07) is 0. The molecule has 0 aromatic rings. The number of hydrogen-bond donors (Lipinski definition) is 2. The summed E-state index contributed by atoms with van der Waals surface area (Å²) in [4.78, 5) is 23.6. The molecule has 1 aliphatic heterocycles. The molecule has 1 heterocycles. The Kier molecular flexibility index (Phi) is 3.25. The van der Waals surface area contributed by atoms with E-state index < -0.39 is 11.8 Å². The van der Waals surface area contributed by atoms with Crippen LogP contribution in [0.3, 0.4) is 0 Å². The second kappa shape index (κ2) is 4.23. The molecule has 1 atom stereocenters. The molecule has 0 bridgehead atoms. The summed E-state index contributed by atoms with van der Waals surface area (Å²) in [5.74, 6) is -1.02. The largest absolute Gasteiger partial charge is 0.396 e. The van der Waals surface area contributed by atoms with Crippen molar-refractivity contribution in [2.45, 2.75) is 6.92 Å². The van der Waals surface area contributed by atoms with Crippen LogP contribution in [0.5, 0.6) is 0 Å². The van der Waals surface area contributed by atoms with Crippen molar-refractivity contribution in [3.05, 3.63) is 0 Å². The maximum absolute atomic E-state index is 11.2. The van der Waals surface area contributed by atoms with Crippen LogP contribution in [0.4, 0.5) is 0 Å². The van der Waals surface area contributed by atoms with E-state index in [0.29, 0.717) is 19.6 Å². The van der Waals surface area contributed by atoms with E-state index >= 15 is 0 Å². The normalized spacial score (nSPS) is 20.0. The highest BCUT2D eigenvalue weighted by Crippen LogP contribution is 2.01. The Hall–Kier alpha value is -1.10. The lowest BCUT2D eigenvalue weighted by atomic mass is 10.1. The Morgan fingerprint density at radius 3 is 2.92 bits per heavy atom. The third-order valence-corrected chi connectivity index (χ3v) is 1.99. The van der Waals surface area contributed by atoms with Gasteiger partial charge in [-0.1, -0.05) is 6.92 Å². The van der Waals surface area contributed by atoms with Crippen LogP contribution in [0.25, 0.3) is 0 Å². The number of carbonyl (C=O) groups excluding carboxylic acids is 2. The average molecular weight is 186 g/mol. The summed E-state index contributed by atoms with van der Waals surface area (Å²) in [5, 5.41) is 11.2. The quantitative estimate of drug-likeness (QED) is 0.531. The van der Waals surface area contributed by atoms with Gasteiger partial charge in [0.2, 0.25) is 0 Å². The minimum atomic E-state index is -0.545. The van der Waals surface area contributed by atoms with Crippen LogP contribution in [0.15, 0.2) is 0 Å². The Morgan fingerprint density at radius 1 is 1.62 bits per heavy atom. The molecule has 0 aromatic heterocycles. The van der Waals surface area contributed by atoms with Gasteiger partial charge in [0.15, 0.2) is 0 Å². The zero-order valence-electron chi connectivity index (χ0n) is 7.62. The summed E-state index contributed by atoms with van der Waals surface area (Å²) in [6.45, 7) is 3.35. The molecule has 5 heteroatoms. The summed E-state index contributed by atoms with van der Waals surface area (Å²) in [7, 11) is 0. The predicted molar refractivity (Wildman–Crippen MR) is 45.8 cm³/mol. The predicted octanol–water partition coefficient (Wildman–Crippen LogP) is -1.43. The minimum absolute atomic E-state index is 0.0230. The Balaban J connectivity index is 2.49. The van der Waals surface area contributed by atoms with E-state index in [1.54, 1.807) is 0 Å². The number of nitrogens with zero attached hydrogens (tertiary/aromatic N) is 1. The van der Waals surface area contributed by atoms with Crippen molar-refractivity contribution in [2.75, 3.05) is 26.2 Å². The molecule has 0 radical (unpaired) electrons. The average Bonchev–Trinajstić information content (AvgIpc) is 2.13. The van der Waals surface area contributed by atoms with Crippen molar-refractivity contribution in [2.24, 2.45) is 5.92 Å². The van der Waals surface area contributed by atoms with Gasteiger partial charge in [0.25, 0.3) is 0 Å². The first-order valence-electron chi connectivity index (χ1n) is 4.33. The van der Waals surface area contributed by atoms with Crippen molar-refractivity contribution < 1.29 is 14.7 Å². The highest BCUT2D eigenvalue weighted by atomic mass is 16.3. The van der Waals surface area contributed by atoms with Crippen molar-refractivity contribution in [3.63, 3.8) is 0 Å². The number of hydrogen-bond acceptors (Lipinski definition) is 3. The Morgan fingerprint density at radius 2 is 2.31 bits per heavy atom. The van der Waals surface area contributed by atoms with E-state index in [-0.39, 0.29) is 12.5 Å². The highest BCUT2D eigenvalue weighted by molar-refractivity contribution is 6.35. The first-order valence-corrected chi connectivity index (χ1v) is 4.33. The van der Waals surface area contributed by atoms with Gasteiger partial charge in [0, 0.05) is 26.2 Å². The van der Waals surface area contributed by atoms with Crippen LogP contribution >= 0.6 is 0 Å². The molecule has 1 unspecified atom stereocenters. The standard InChI is InChI=1S/C8H14N2O3/c1-6(5-11)4-10-3-2-9-7(12)8(10)13/h6,11H,2-5H2,1H3,(H,9,12). The molecule has 2 amide bonds. The summed E-state index contributed by atoms with van der Waals surface area (Å²) < 4.78 is 0. The maximum atomic E-state index is 11.2. The van der Waals surface area contributed by atoms with Gasteiger partial charge in [-0.05, 0) is 5.92 Å². The molecule has 0 aromatic carbocycles. The summed E-state index contributed by atoms with van der Waals surface area (Å²) in [6.07, 6.45) is 0. The SMILES string of the molecule is CC(CO)CN1CCNC(=O)C1=O. The van der Waals surface area contributed by atoms with Crippen molar-refractivity contribution >= 4 is 11.8 Å². The monoisotopic (exact) mass is 186 g/mol. The van der Waals surface area contributed by atoms with Crippen LogP contribution in [-0.2, 0) is 9.59 Å². The molecule has 74 valence electrons. The molecule has 13 heavy (non-hydrogen) atoms. The highest BCUT2D eigenvalue weighted by Gasteiger charge is 2.26. The molecule has 5 nitrogen and oxygen atoms in total. The smallest absolute Gasteiger partial charge is 0.311 e. The fourth-order valence-electron chi connectivity index (χ4n) is 1.23. The molecule has 0 spiro atoms. The van der Waals surface area contributed by atoms with Gasteiger partial charge in [0.05, 0.1) is 0 Å². The Labute approximate surface area is 76.7 Å². The van der Waals surface area contributed by atoms with Crippen molar-refractivity contribution in [3.8, 4) is 0 Å². The van der Waals surface area contributed by atoms with E-state index in [1.165, 1.54) is 4.90 Å². The second-order valence-corrected chi connectivity index (χ2v) is 3.29. The maximum Gasteiger partial charge on any atom is 0.311 e. The van der Waals surface area contributed by atoms with Gasteiger partial charge in [-0.25, -0.2) is 0 Å². The molecule has 1 fully saturated rings. The minimum Gasteiger partial charge on any atom is -0.396 e. The summed E-state index contributed by atoms with van der Waals surface area (Å²) >= 11 is 0. The third kappa shape index (κ3) is 2.42. The van der Waals surface area contributed by atoms with Crippen molar-refractivity contribution in [1.82, 2.24) is 10.2 Å². The lowest BCUT2D eigenvalue weighted by molar-refractivity contribution is -0.148. The zero-order valence-corrected chi connectivity index (χ0v) is 7.62. The molecule has 1 saturated heterocycles. The molecule has 1 rings (SSSR count). The molecular weight excluding hydrogens is 172 g/mol.